The first-order valence-corrected chi connectivity index (χ1v) is 6.92. The molecule has 1 aliphatic heterocycles. The van der Waals surface area contributed by atoms with Crippen molar-refractivity contribution in [1.29, 1.82) is 0 Å². The first-order valence-electron chi connectivity index (χ1n) is 6.92. The van der Waals surface area contributed by atoms with Gasteiger partial charge in [0.15, 0.2) is 0 Å². The maximum absolute atomic E-state index is 11.2. The predicted molar refractivity (Wildman–Crippen MR) is 74.4 cm³/mol. The zero-order chi connectivity index (χ0) is 13.7. The van der Waals surface area contributed by atoms with E-state index in [1.807, 2.05) is 25.1 Å². The fraction of sp³-hybridized carbons (Fsp3) is 0.533. The van der Waals surface area contributed by atoms with Gasteiger partial charge in [-0.15, -0.1) is 0 Å². The van der Waals surface area contributed by atoms with Crippen molar-refractivity contribution in [3.05, 3.63) is 23.8 Å². The molecule has 0 aromatic heterocycles. The van der Waals surface area contributed by atoms with E-state index in [0.29, 0.717) is 13.0 Å². The fourth-order valence-electron chi connectivity index (χ4n) is 2.16. The number of ether oxygens (including phenoxy) is 1. The fourth-order valence-corrected chi connectivity index (χ4v) is 2.16. The molecular weight excluding hydrogens is 242 g/mol. The van der Waals surface area contributed by atoms with E-state index in [-0.39, 0.29) is 12.0 Å². The lowest BCUT2D eigenvalue weighted by atomic mass is 10.0. The van der Waals surface area contributed by atoms with Crippen LogP contribution in [0.5, 0.6) is 5.75 Å². The number of aliphatic hydroxyl groups excluding tert-OH is 1. The lowest BCUT2D eigenvalue weighted by Crippen LogP contribution is -2.18. The Morgan fingerprint density at radius 2 is 2.26 bits per heavy atom. The summed E-state index contributed by atoms with van der Waals surface area (Å²) in [6.45, 7) is 2.59. The SMILES string of the molecule is CCC(O)CCCOc1ccc2c(c1)CCC(=O)N2. The van der Waals surface area contributed by atoms with Crippen LogP contribution >= 0.6 is 0 Å². The second kappa shape index (κ2) is 6.57. The zero-order valence-corrected chi connectivity index (χ0v) is 11.3. The molecule has 4 heteroatoms. The zero-order valence-electron chi connectivity index (χ0n) is 11.3. The Morgan fingerprint density at radius 3 is 3.05 bits per heavy atom. The number of hydrogen-bond donors (Lipinski definition) is 2. The molecule has 1 aliphatic rings. The Labute approximate surface area is 113 Å². The van der Waals surface area contributed by atoms with Crippen molar-refractivity contribution in [3.8, 4) is 5.75 Å². The molecule has 1 unspecified atom stereocenters. The molecule has 19 heavy (non-hydrogen) atoms. The Morgan fingerprint density at radius 1 is 1.42 bits per heavy atom. The predicted octanol–water partition coefficient (Wildman–Crippen LogP) is 2.50. The molecule has 1 amide bonds. The number of aliphatic hydroxyl groups is 1. The Bertz CT molecular complexity index is 445. The molecule has 1 aromatic carbocycles. The molecule has 0 saturated heterocycles. The molecule has 1 heterocycles. The van der Waals surface area contributed by atoms with Crippen molar-refractivity contribution in [1.82, 2.24) is 0 Å². The van der Waals surface area contributed by atoms with Crippen LogP contribution in [0.2, 0.25) is 0 Å². The first-order chi connectivity index (χ1) is 9.19. The minimum atomic E-state index is -0.220. The van der Waals surface area contributed by atoms with Crippen LogP contribution < -0.4 is 10.1 Å². The average molecular weight is 263 g/mol. The van der Waals surface area contributed by atoms with Crippen LogP contribution in [-0.4, -0.2) is 23.7 Å². The lowest BCUT2D eigenvalue weighted by Gasteiger charge is -2.17. The number of amides is 1. The summed E-state index contributed by atoms with van der Waals surface area (Å²) in [5, 5.41) is 12.3. The molecule has 0 fully saturated rings. The molecule has 104 valence electrons. The van der Waals surface area contributed by atoms with Crippen molar-refractivity contribution in [2.75, 3.05) is 11.9 Å². The maximum atomic E-state index is 11.2. The Balaban J connectivity index is 1.83. The monoisotopic (exact) mass is 263 g/mol. The molecule has 1 atom stereocenters. The lowest BCUT2D eigenvalue weighted by molar-refractivity contribution is -0.116. The second-order valence-electron chi connectivity index (χ2n) is 4.92. The molecule has 0 aliphatic carbocycles. The average Bonchev–Trinajstić information content (AvgIpc) is 2.43. The standard InChI is InChI=1S/C15H21NO3/c1-2-12(17)4-3-9-19-13-6-7-14-11(10-13)5-8-15(18)16-14/h6-7,10,12,17H,2-5,8-9H2,1H3,(H,16,18). The molecule has 2 rings (SSSR count). The van der Waals surface area contributed by atoms with Gasteiger partial charge in [0.05, 0.1) is 12.7 Å². The third kappa shape index (κ3) is 3.96. The van der Waals surface area contributed by atoms with Crippen LogP contribution in [0.4, 0.5) is 5.69 Å². The van der Waals surface area contributed by atoms with Gasteiger partial charge < -0.3 is 15.2 Å². The van der Waals surface area contributed by atoms with E-state index in [0.717, 1.165) is 42.7 Å². The third-order valence-corrected chi connectivity index (χ3v) is 3.39. The van der Waals surface area contributed by atoms with Crippen LogP contribution in [0, 0.1) is 0 Å². The topological polar surface area (TPSA) is 58.6 Å². The third-order valence-electron chi connectivity index (χ3n) is 3.39. The van der Waals surface area contributed by atoms with Crippen molar-refractivity contribution >= 4 is 11.6 Å². The van der Waals surface area contributed by atoms with E-state index >= 15 is 0 Å². The molecular formula is C15H21NO3. The van der Waals surface area contributed by atoms with Crippen LogP contribution in [-0.2, 0) is 11.2 Å². The van der Waals surface area contributed by atoms with E-state index in [4.69, 9.17) is 4.74 Å². The smallest absolute Gasteiger partial charge is 0.224 e. The number of hydrogen-bond acceptors (Lipinski definition) is 3. The highest BCUT2D eigenvalue weighted by Crippen LogP contribution is 2.26. The number of rotatable bonds is 6. The number of aryl methyl sites for hydroxylation is 1. The molecule has 4 nitrogen and oxygen atoms in total. The summed E-state index contributed by atoms with van der Waals surface area (Å²) in [7, 11) is 0. The van der Waals surface area contributed by atoms with Crippen LogP contribution in [0.15, 0.2) is 18.2 Å². The van der Waals surface area contributed by atoms with Gasteiger partial charge in [-0.3, -0.25) is 4.79 Å². The van der Waals surface area contributed by atoms with Crippen molar-refractivity contribution in [3.63, 3.8) is 0 Å². The number of benzene rings is 1. The number of carbonyl (C=O) groups is 1. The Hall–Kier alpha value is -1.55. The Kier molecular flexibility index (Phi) is 4.80. The number of fused-ring (bicyclic) bond motifs is 1. The highest BCUT2D eigenvalue weighted by atomic mass is 16.5. The highest BCUT2D eigenvalue weighted by Gasteiger charge is 2.14. The van der Waals surface area contributed by atoms with Crippen molar-refractivity contribution in [2.24, 2.45) is 0 Å². The molecule has 0 saturated carbocycles. The number of anilines is 1. The second-order valence-corrected chi connectivity index (χ2v) is 4.92. The minimum absolute atomic E-state index is 0.0784. The quantitative estimate of drug-likeness (QED) is 0.775. The number of carbonyl (C=O) groups excluding carboxylic acids is 1. The summed E-state index contributed by atoms with van der Waals surface area (Å²) in [5.74, 6) is 0.913. The van der Waals surface area contributed by atoms with Gasteiger partial charge in [0.25, 0.3) is 0 Å². The molecule has 0 radical (unpaired) electrons. The van der Waals surface area contributed by atoms with Gasteiger partial charge in [-0.2, -0.15) is 0 Å². The van der Waals surface area contributed by atoms with Gasteiger partial charge >= 0.3 is 0 Å². The van der Waals surface area contributed by atoms with Gasteiger partial charge in [-0.1, -0.05) is 6.92 Å². The van der Waals surface area contributed by atoms with Gasteiger partial charge in [0, 0.05) is 12.1 Å². The summed E-state index contributed by atoms with van der Waals surface area (Å²) < 4.78 is 5.67. The maximum Gasteiger partial charge on any atom is 0.224 e. The van der Waals surface area contributed by atoms with Crippen molar-refractivity contribution in [2.45, 2.75) is 45.1 Å². The number of nitrogens with one attached hydrogen (secondary N) is 1. The first kappa shape index (κ1) is 13.9. The molecule has 1 aromatic rings. The summed E-state index contributed by atoms with van der Waals surface area (Å²) in [6, 6.07) is 5.76. The highest BCUT2D eigenvalue weighted by molar-refractivity contribution is 5.93. The van der Waals surface area contributed by atoms with E-state index in [2.05, 4.69) is 5.32 Å². The van der Waals surface area contributed by atoms with Crippen LogP contribution in [0.1, 0.15) is 38.2 Å². The van der Waals surface area contributed by atoms with Crippen LogP contribution in [0.3, 0.4) is 0 Å². The van der Waals surface area contributed by atoms with E-state index < -0.39 is 0 Å². The van der Waals surface area contributed by atoms with E-state index in [9.17, 15) is 9.90 Å². The van der Waals surface area contributed by atoms with Gasteiger partial charge in [-0.25, -0.2) is 0 Å². The largest absolute Gasteiger partial charge is 0.494 e. The molecule has 0 spiro atoms. The summed E-state index contributed by atoms with van der Waals surface area (Å²) in [5.41, 5.74) is 2.02. The van der Waals surface area contributed by atoms with E-state index in [1.165, 1.54) is 0 Å². The normalized spacial score (nSPS) is 15.6. The van der Waals surface area contributed by atoms with Gasteiger partial charge in [0.2, 0.25) is 5.91 Å². The van der Waals surface area contributed by atoms with Crippen molar-refractivity contribution < 1.29 is 14.6 Å². The van der Waals surface area contributed by atoms with Gasteiger partial charge in [-0.05, 0) is 49.4 Å². The molecule has 2 N–H and O–H groups in total. The molecule has 0 bridgehead atoms. The van der Waals surface area contributed by atoms with E-state index in [1.54, 1.807) is 0 Å². The summed E-state index contributed by atoms with van der Waals surface area (Å²) >= 11 is 0. The minimum Gasteiger partial charge on any atom is -0.494 e. The van der Waals surface area contributed by atoms with Gasteiger partial charge in [0.1, 0.15) is 5.75 Å². The summed E-state index contributed by atoms with van der Waals surface area (Å²) in [6.07, 6.45) is 3.51. The van der Waals surface area contributed by atoms with Crippen LogP contribution in [0.25, 0.3) is 0 Å². The summed E-state index contributed by atoms with van der Waals surface area (Å²) in [4.78, 5) is 11.2.